The van der Waals surface area contributed by atoms with Gasteiger partial charge < -0.3 is 15.3 Å². The van der Waals surface area contributed by atoms with E-state index in [9.17, 15) is 15.0 Å². The van der Waals surface area contributed by atoms with Crippen molar-refractivity contribution >= 4 is 5.97 Å². The van der Waals surface area contributed by atoms with Gasteiger partial charge in [-0.25, -0.2) is 0 Å². The first kappa shape index (κ1) is 27.8. The van der Waals surface area contributed by atoms with Gasteiger partial charge in [0.15, 0.2) is 0 Å². The maximum Gasteiger partial charge on any atom is 0.303 e. The van der Waals surface area contributed by atoms with Crippen molar-refractivity contribution in [3.05, 3.63) is 35.5 Å². The number of rotatable bonds is 7. The first-order chi connectivity index (χ1) is 16.4. The van der Waals surface area contributed by atoms with Crippen molar-refractivity contribution in [3.63, 3.8) is 0 Å². The molecule has 3 N–H and O–H groups in total. The topological polar surface area (TPSA) is 77.8 Å². The van der Waals surface area contributed by atoms with Gasteiger partial charge in [-0.1, -0.05) is 44.1 Å². The Balaban J connectivity index is 1.66. The number of aliphatic hydroxyl groups is 2. The van der Waals surface area contributed by atoms with Crippen molar-refractivity contribution < 1.29 is 20.1 Å². The van der Waals surface area contributed by atoms with Gasteiger partial charge in [0, 0.05) is 12.8 Å². The highest BCUT2D eigenvalue weighted by Gasteiger charge is 2.50. The largest absolute Gasteiger partial charge is 0.481 e. The minimum atomic E-state index is -0.925. The molecule has 0 aromatic rings. The molecule has 3 rings (SSSR count). The zero-order valence-corrected chi connectivity index (χ0v) is 22.3. The van der Waals surface area contributed by atoms with E-state index in [1.165, 1.54) is 25.7 Å². The van der Waals surface area contributed by atoms with Crippen LogP contribution in [0.25, 0.3) is 0 Å². The van der Waals surface area contributed by atoms with Gasteiger partial charge in [-0.3, -0.25) is 4.79 Å². The molecule has 2 unspecified atom stereocenters. The third-order valence-corrected chi connectivity index (χ3v) is 9.01. The summed E-state index contributed by atoms with van der Waals surface area (Å²) in [6, 6.07) is 0. The third-order valence-electron chi connectivity index (χ3n) is 9.01. The quantitative estimate of drug-likeness (QED) is 0.365. The van der Waals surface area contributed by atoms with Gasteiger partial charge in [-0.2, -0.15) is 0 Å². The molecule has 3 saturated carbocycles. The summed E-state index contributed by atoms with van der Waals surface area (Å²) in [4.78, 5) is 10.8. The van der Waals surface area contributed by atoms with Crippen LogP contribution in [0.3, 0.4) is 0 Å². The average molecular weight is 483 g/mol. The molecule has 0 aromatic carbocycles. The summed E-state index contributed by atoms with van der Waals surface area (Å²) in [5.41, 5.74) is 2.89. The minimum Gasteiger partial charge on any atom is -0.481 e. The Bertz CT molecular complexity index is 908. The molecule has 4 heteroatoms. The molecule has 0 amide bonds. The molecule has 6 atom stereocenters. The van der Waals surface area contributed by atoms with Crippen molar-refractivity contribution in [3.8, 4) is 11.8 Å². The number of hydrogen-bond donors (Lipinski definition) is 3. The molecule has 3 aliphatic carbocycles. The van der Waals surface area contributed by atoms with E-state index < -0.39 is 17.7 Å². The highest BCUT2D eigenvalue weighted by molar-refractivity contribution is 5.66. The molecular formula is C31H46O4. The first-order valence-electron chi connectivity index (χ1n) is 13.6. The molecule has 0 saturated heterocycles. The normalized spacial score (nSPS) is 34.4. The van der Waals surface area contributed by atoms with E-state index in [1.807, 2.05) is 0 Å². The van der Waals surface area contributed by atoms with Crippen LogP contribution in [0.5, 0.6) is 0 Å². The lowest BCUT2D eigenvalue weighted by atomic mass is 9.61. The summed E-state index contributed by atoms with van der Waals surface area (Å²) >= 11 is 0. The lowest BCUT2D eigenvalue weighted by Gasteiger charge is -2.44. The second-order valence-electron chi connectivity index (χ2n) is 12.1. The maximum atomic E-state index is 10.8. The fourth-order valence-electron chi connectivity index (χ4n) is 7.13. The molecule has 3 aliphatic rings. The summed E-state index contributed by atoms with van der Waals surface area (Å²) in [5.74, 6) is 7.34. The first-order valence-corrected chi connectivity index (χ1v) is 13.6. The maximum absolute atomic E-state index is 10.8. The van der Waals surface area contributed by atoms with E-state index in [4.69, 9.17) is 5.11 Å². The van der Waals surface area contributed by atoms with E-state index in [1.54, 1.807) is 19.4 Å². The van der Waals surface area contributed by atoms with Crippen LogP contribution in [-0.2, 0) is 4.79 Å². The molecule has 0 spiro atoms. The predicted octanol–water partition coefficient (Wildman–Crippen LogP) is 6.44. The second-order valence-corrected chi connectivity index (χ2v) is 12.1. The zero-order valence-electron chi connectivity index (χ0n) is 22.3. The molecule has 0 aliphatic heterocycles. The van der Waals surface area contributed by atoms with E-state index in [2.05, 4.69) is 44.4 Å². The number of aliphatic hydroxyl groups excluding tert-OH is 1. The van der Waals surface area contributed by atoms with Crippen LogP contribution in [0.15, 0.2) is 35.5 Å². The van der Waals surface area contributed by atoms with E-state index >= 15 is 0 Å². The summed E-state index contributed by atoms with van der Waals surface area (Å²) in [6.45, 7) is 12.5. The van der Waals surface area contributed by atoms with Gasteiger partial charge >= 0.3 is 5.97 Å². The summed E-state index contributed by atoms with van der Waals surface area (Å²) in [5, 5.41) is 29.6. The molecule has 4 nitrogen and oxygen atoms in total. The molecular weight excluding hydrogens is 436 g/mol. The smallest absolute Gasteiger partial charge is 0.303 e. The number of aliphatic carboxylic acids is 1. The van der Waals surface area contributed by atoms with Crippen molar-refractivity contribution in [1.29, 1.82) is 0 Å². The van der Waals surface area contributed by atoms with Gasteiger partial charge in [0.05, 0.1) is 6.10 Å². The zero-order chi connectivity index (χ0) is 25.8. The Labute approximate surface area is 212 Å². The van der Waals surface area contributed by atoms with Gasteiger partial charge in [0.2, 0.25) is 0 Å². The Morgan fingerprint density at radius 3 is 2.69 bits per heavy atom. The second kappa shape index (κ2) is 11.5. The summed E-state index contributed by atoms with van der Waals surface area (Å²) in [7, 11) is 0. The number of carboxylic acids is 1. The molecule has 194 valence electrons. The standard InChI is InChI=1S/C31H46O4/c1-21(9-7-19-30(3,4)35)26-17-18-27-24(11-8-20-31(26,27)5)15-13-23-14-16-25(29(34)22(23)2)10-6-12-28(32)33/h13,15,21,25-27,29,34-35H,2,6,8-12,14,16-18,20H2,1,3-5H3,(H,32,33)/b23-13-,24-15+/t21-,25+,26?,27?,29-,31-/m1/s1. The van der Waals surface area contributed by atoms with Gasteiger partial charge in [0.25, 0.3) is 0 Å². The van der Waals surface area contributed by atoms with Crippen LogP contribution in [0.2, 0.25) is 0 Å². The fourth-order valence-corrected chi connectivity index (χ4v) is 7.13. The molecule has 35 heavy (non-hydrogen) atoms. The SMILES string of the molecule is C=C1/C(=C\C=C2/CCC[C@@]3(C)C2CCC3[C@H](C)CC#CC(C)(C)O)CC[C@H](CCCC(=O)O)[C@@H]1O. The van der Waals surface area contributed by atoms with Crippen LogP contribution in [0, 0.1) is 40.9 Å². The average Bonchev–Trinajstić information content (AvgIpc) is 3.12. The number of allylic oxidation sites excluding steroid dienone is 3. The van der Waals surface area contributed by atoms with E-state index in [0.29, 0.717) is 29.6 Å². The molecule has 0 aromatic heterocycles. The number of hydrogen-bond acceptors (Lipinski definition) is 3. The third kappa shape index (κ3) is 6.89. The molecule has 3 fully saturated rings. The number of carboxylic acid groups (broad SMARTS) is 1. The number of fused-ring (bicyclic) bond motifs is 1. The van der Waals surface area contributed by atoms with Crippen LogP contribution in [-0.4, -0.2) is 33.0 Å². The summed E-state index contributed by atoms with van der Waals surface area (Å²) in [6.07, 6.45) is 14.2. The van der Waals surface area contributed by atoms with Gasteiger partial charge in [-0.15, -0.1) is 5.92 Å². The van der Waals surface area contributed by atoms with Crippen molar-refractivity contribution in [2.24, 2.45) is 29.1 Å². The monoisotopic (exact) mass is 482 g/mol. The van der Waals surface area contributed by atoms with Crippen LogP contribution < -0.4 is 0 Å². The van der Waals surface area contributed by atoms with Crippen molar-refractivity contribution in [1.82, 2.24) is 0 Å². The Hall–Kier alpha value is -1.83. The van der Waals surface area contributed by atoms with Crippen LogP contribution >= 0.6 is 0 Å². The Kier molecular flexibility index (Phi) is 9.11. The highest BCUT2D eigenvalue weighted by atomic mass is 16.4. The van der Waals surface area contributed by atoms with Gasteiger partial charge in [-0.05, 0) is 112 Å². The predicted molar refractivity (Wildman–Crippen MR) is 142 cm³/mol. The van der Waals surface area contributed by atoms with Crippen molar-refractivity contribution in [2.45, 2.75) is 110 Å². The van der Waals surface area contributed by atoms with Crippen LogP contribution in [0.4, 0.5) is 0 Å². The van der Waals surface area contributed by atoms with Crippen LogP contribution in [0.1, 0.15) is 98.3 Å². The molecule has 0 radical (unpaired) electrons. The number of carbonyl (C=O) groups is 1. The lowest BCUT2D eigenvalue weighted by molar-refractivity contribution is -0.137. The Morgan fingerprint density at radius 1 is 1.26 bits per heavy atom. The minimum absolute atomic E-state index is 0.112. The molecule has 0 heterocycles. The van der Waals surface area contributed by atoms with Crippen molar-refractivity contribution in [2.75, 3.05) is 0 Å². The van der Waals surface area contributed by atoms with Gasteiger partial charge in [0.1, 0.15) is 5.60 Å². The van der Waals surface area contributed by atoms with E-state index in [0.717, 1.165) is 43.3 Å². The lowest BCUT2D eigenvalue weighted by Crippen LogP contribution is -2.36. The fraction of sp³-hybridized carbons (Fsp3) is 0.710. The Morgan fingerprint density at radius 2 is 2.00 bits per heavy atom. The summed E-state index contributed by atoms with van der Waals surface area (Å²) < 4.78 is 0. The molecule has 0 bridgehead atoms. The highest BCUT2D eigenvalue weighted by Crippen LogP contribution is 2.59. The van der Waals surface area contributed by atoms with E-state index in [-0.39, 0.29) is 12.3 Å².